The number of amides is 3. The van der Waals surface area contributed by atoms with E-state index >= 15 is 0 Å². The molecule has 6 heteroatoms. The Morgan fingerprint density at radius 1 is 0.950 bits per heavy atom. The van der Waals surface area contributed by atoms with E-state index in [0.717, 1.165) is 36.0 Å². The summed E-state index contributed by atoms with van der Waals surface area (Å²) in [6, 6.07) is 22.5. The lowest BCUT2D eigenvalue weighted by Gasteiger charge is -2.29. The van der Waals surface area contributed by atoms with Crippen molar-refractivity contribution in [2.75, 3.05) is 6.54 Å². The van der Waals surface area contributed by atoms with Crippen LogP contribution in [0.15, 0.2) is 66.7 Å². The molecule has 1 fully saturated rings. The van der Waals surface area contributed by atoms with E-state index in [2.05, 4.69) is 53.8 Å². The zero-order valence-corrected chi connectivity index (χ0v) is 24.1. The number of rotatable bonds is 11. The van der Waals surface area contributed by atoms with Gasteiger partial charge in [0.15, 0.2) is 0 Å². The van der Waals surface area contributed by atoms with Crippen LogP contribution < -0.4 is 11.1 Å². The quantitative estimate of drug-likeness (QED) is 0.309. The molecule has 1 aliphatic rings. The molecular formula is C34H43N3O3. The summed E-state index contributed by atoms with van der Waals surface area (Å²) in [5.41, 5.74) is 9.02. The van der Waals surface area contributed by atoms with Crippen LogP contribution in [-0.4, -0.2) is 35.2 Å². The minimum Gasteiger partial charge on any atom is -0.369 e. The van der Waals surface area contributed by atoms with Crippen LogP contribution in [0.2, 0.25) is 0 Å². The summed E-state index contributed by atoms with van der Waals surface area (Å²) < 4.78 is 0. The van der Waals surface area contributed by atoms with Gasteiger partial charge in [-0.15, -0.1) is 0 Å². The van der Waals surface area contributed by atoms with Crippen molar-refractivity contribution in [3.63, 3.8) is 0 Å². The van der Waals surface area contributed by atoms with Gasteiger partial charge in [0, 0.05) is 24.9 Å². The fourth-order valence-corrected chi connectivity index (χ4v) is 5.93. The maximum atomic E-state index is 13.7. The van der Waals surface area contributed by atoms with Crippen LogP contribution in [0.25, 0.3) is 21.9 Å². The second-order valence-electron chi connectivity index (χ2n) is 11.6. The summed E-state index contributed by atoms with van der Waals surface area (Å²) in [7, 11) is 0. The molecule has 0 aliphatic carbocycles. The maximum absolute atomic E-state index is 13.7. The van der Waals surface area contributed by atoms with Gasteiger partial charge in [0.05, 0.1) is 0 Å². The molecule has 0 aromatic heterocycles. The number of nitrogens with two attached hydrogens (primary N) is 1. The van der Waals surface area contributed by atoms with Crippen molar-refractivity contribution < 1.29 is 14.4 Å². The molecule has 6 nitrogen and oxygen atoms in total. The van der Waals surface area contributed by atoms with Crippen molar-refractivity contribution in [3.05, 3.63) is 72.3 Å². The molecule has 0 bridgehead atoms. The van der Waals surface area contributed by atoms with Crippen molar-refractivity contribution in [1.82, 2.24) is 10.2 Å². The number of hydrogen-bond acceptors (Lipinski definition) is 3. The Bertz CT molecular complexity index is 1330. The Hall–Kier alpha value is -3.67. The van der Waals surface area contributed by atoms with E-state index in [1.807, 2.05) is 43.9 Å². The lowest BCUT2D eigenvalue weighted by atomic mass is 9.81. The predicted molar refractivity (Wildman–Crippen MR) is 161 cm³/mol. The number of nitrogens with zero attached hydrogens (tertiary/aromatic N) is 1. The fraction of sp³-hybridized carbons (Fsp3) is 0.441. The number of hydrogen-bond donors (Lipinski definition) is 2. The SMILES string of the molecule is CCC[C@H](C(N)=O)[C@@H](CC(C)C)C(=O)N[C@H]1CCCCN(Cc2cccc(-c3ccc4ccccc4c3)c2)C1=O. The molecule has 1 heterocycles. The highest BCUT2D eigenvalue weighted by molar-refractivity contribution is 5.91. The van der Waals surface area contributed by atoms with Gasteiger partial charge in [0.2, 0.25) is 17.7 Å². The number of benzene rings is 3. The first-order valence-electron chi connectivity index (χ1n) is 14.7. The molecule has 3 N–H and O–H groups in total. The number of primary amides is 1. The first-order chi connectivity index (χ1) is 19.3. The molecule has 3 atom stereocenters. The number of nitrogens with one attached hydrogen (secondary N) is 1. The second kappa shape index (κ2) is 13.6. The average Bonchev–Trinajstić information content (AvgIpc) is 3.11. The largest absolute Gasteiger partial charge is 0.369 e. The molecule has 3 amide bonds. The zero-order chi connectivity index (χ0) is 28.6. The Morgan fingerprint density at radius 2 is 1.70 bits per heavy atom. The summed E-state index contributed by atoms with van der Waals surface area (Å²) in [5, 5.41) is 5.44. The third-order valence-corrected chi connectivity index (χ3v) is 7.99. The highest BCUT2D eigenvalue weighted by Gasteiger charge is 2.35. The number of carbonyl (C=O) groups excluding carboxylic acids is 3. The van der Waals surface area contributed by atoms with Crippen LogP contribution in [0.4, 0.5) is 0 Å². The molecule has 0 spiro atoms. The van der Waals surface area contributed by atoms with Crippen molar-refractivity contribution >= 4 is 28.5 Å². The Balaban J connectivity index is 1.49. The van der Waals surface area contributed by atoms with E-state index in [1.54, 1.807) is 0 Å². The molecule has 0 radical (unpaired) electrons. The molecule has 212 valence electrons. The van der Waals surface area contributed by atoms with Crippen LogP contribution in [0.5, 0.6) is 0 Å². The van der Waals surface area contributed by atoms with Gasteiger partial charge in [0.1, 0.15) is 6.04 Å². The lowest BCUT2D eigenvalue weighted by Crippen LogP contribution is -2.50. The van der Waals surface area contributed by atoms with E-state index < -0.39 is 23.8 Å². The normalized spacial score (nSPS) is 17.4. The van der Waals surface area contributed by atoms with Crippen molar-refractivity contribution in [2.45, 2.75) is 71.9 Å². The zero-order valence-electron chi connectivity index (χ0n) is 24.1. The van der Waals surface area contributed by atoms with Gasteiger partial charge in [-0.3, -0.25) is 14.4 Å². The number of fused-ring (bicyclic) bond motifs is 1. The van der Waals surface area contributed by atoms with E-state index in [9.17, 15) is 14.4 Å². The Kier molecular flexibility index (Phi) is 9.97. The van der Waals surface area contributed by atoms with Gasteiger partial charge < -0.3 is 16.0 Å². The van der Waals surface area contributed by atoms with E-state index in [4.69, 9.17) is 5.73 Å². The van der Waals surface area contributed by atoms with Gasteiger partial charge in [-0.05, 0) is 77.6 Å². The van der Waals surface area contributed by atoms with E-state index in [1.165, 1.54) is 10.8 Å². The minimum absolute atomic E-state index is 0.0589. The summed E-state index contributed by atoms with van der Waals surface area (Å²) >= 11 is 0. The smallest absolute Gasteiger partial charge is 0.245 e. The molecule has 3 aromatic rings. The van der Waals surface area contributed by atoms with Crippen LogP contribution >= 0.6 is 0 Å². The van der Waals surface area contributed by atoms with Crippen molar-refractivity contribution in [3.8, 4) is 11.1 Å². The second-order valence-corrected chi connectivity index (χ2v) is 11.6. The number of likely N-dealkylation sites (tertiary alicyclic amines) is 1. The monoisotopic (exact) mass is 541 g/mol. The lowest BCUT2D eigenvalue weighted by molar-refractivity contribution is -0.139. The van der Waals surface area contributed by atoms with Gasteiger partial charge in [0.25, 0.3) is 0 Å². The summed E-state index contributed by atoms with van der Waals surface area (Å²) in [5.74, 6) is -1.56. The summed E-state index contributed by atoms with van der Waals surface area (Å²) in [6.07, 6.45) is 4.24. The summed E-state index contributed by atoms with van der Waals surface area (Å²) in [6.45, 7) is 7.20. The van der Waals surface area contributed by atoms with Gasteiger partial charge in [-0.25, -0.2) is 0 Å². The van der Waals surface area contributed by atoms with Crippen LogP contribution in [0.3, 0.4) is 0 Å². The van der Waals surface area contributed by atoms with Gasteiger partial charge in [-0.2, -0.15) is 0 Å². The molecule has 40 heavy (non-hydrogen) atoms. The van der Waals surface area contributed by atoms with Crippen molar-refractivity contribution in [2.24, 2.45) is 23.5 Å². The highest BCUT2D eigenvalue weighted by Crippen LogP contribution is 2.28. The van der Waals surface area contributed by atoms with Gasteiger partial charge in [-0.1, -0.05) is 81.8 Å². The topological polar surface area (TPSA) is 92.5 Å². The third kappa shape index (κ3) is 7.29. The molecular weight excluding hydrogens is 498 g/mol. The van der Waals surface area contributed by atoms with Crippen LogP contribution in [-0.2, 0) is 20.9 Å². The first kappa shape index (κ1) is 29.3. The van der Waals surface area contributed by atoms with Crippen LogP contribution in [0, 0.1) is 17.8 Å². The Morgan fingerprint density at radius 3 is 2.42 bits per heavy atom. The molecule has 0 unspecified atom stereocenters. The predicted octanol–water partition coefficient (Wildman–Crippen LogP) is 6.07. The first-order valence-corrected chi connectivity index (χ1v) is 14.7. The molecule has 1 aliphatic heterocycles. The standard InChI is InChI=1S/C34H43N3O3/c1-4-10-29(32(35)38)30(19-23(2)3)33(39)36-31-15-7-8-18-37(34(31)40)22-24-11-9-14-26(20-24)28-17-16-25-12-5-6-13-27(25)21-28/h5-6,9,11-14,16-17,20-21,23,29-31H,4,7-8,10,15,18-19,22H2,1-3H3,(H2,35,38)(H,36,39)/t29-,30+,31-/m0/s1. The average molecular weight is 542 g/mol. The van der Waals surface area contributed by atoms with E-state index in [0.29, 0.717) is 32.4 Å². The van der Waals surface area contributed by atoms with Gasteiger partial charge >= 0.3 is 0 Å². The Labute approximate surface area is 238 Å². The molecule has 4 rings (SSSR count). The maximum Gasteiger partial charge on any atom is 0.245 e. The van der Waals surface area contributed by atoms with Crippen molar-refractivity contribution in [1.29, 1.82) is 0 Å². The summed E-state index contributed by atoms with van der Waals surface area (Å²) in [4.78, 5) is 41.3. The van der Waals surface area contributed by atoms with E-state index in [-0.39, 0.29) is 17.7 Å². The third-order valence-electron chi connectivity index (χ3n) is 7.99. The molecule has 3 aromatic carbocycles. The molecule has 1 saturated heterocycles. The van der Waals surface area contributed by atoms with Crippen LogP contribution in [0.1, 0.15) is 64.9 Å². The minimum atomic E-state index is -0.594. The molecule has 0 saturated carbocycles. The fourth-order valence-electron chi connectivity index (χ4n) is 5.93. The highest BCUT2D eigenvalue weighted by atomic mass is 16.2. The number of carbonyl (C=O) groups is 3.